The predicted octanol–water partition coefficient (Wildman–Crippen LogP) is 4.37. The SMILES string of the molecule is Cc1ccc(C)c(OCc2nnc(SCC(=O)c3ccc(N4CCCC4=O)cc3)o2)c1. The Morgan fingerprint density at radius 1 is 1.16 bits per heavy atom. The van der Waals surface area contributed by atoms with Crippen molar-refractivity contribution in [2.75, 3.05) is 17.2 Å². The van der Waals surface area contributed by atoms with Gasteiger partial charge in [-0.1, -0.05) is 23.9 Å². The van der Waals surface area contributed by atoms with Crippen molar-refractivity contribution in [2.45, 2.75) is 38.5 Å². The Labute approximate surface area is 184 Å². The number of Topliss-reactive ketones (excluding diaryl/α,β-unsaturated/α-hetero) is 1. The minimum absolute atomic E-state index is 0.0457. The highest BCUT2D eigenvalue weighted by atomic mass is 32.2. The van der Waals surface area contributed by atoms with E-state index in [2.05, 4.69) is 10.2 Å². The Kier molecular flexibility index (Phi) is 6.36. The smallest absolute Gasteiger partial charge is 0.277 e. The molecule has 0 spiro atoms. The second kappa shape index (κ2) is 9.34. The molecule has 8 heteroatoms. The molecule has 1 aliphatic rings. The Balaban J connectivity index is 1.29. The molecule has 2 aromatic carbocycles. The first-order valence-electron chi connectivity index (χ1n) is 10.1. The van der Waals surface area contributed by atoms with Crippen LogP contribution in [0.4, 0.5) is 5.69 Å². The zero-order valence-electron chi connectivity index (χ0n) is 17.5. The van der Waals surface area contributed by atoms with Crippen LogP contribution in [0, 0.1) is 13.8 Å². The van der Waals surface area contributed by atoms with Crippen LogP contribution in [-0.4, -0.2) is 34.2 Å². The minimum Gasteiger partial charge on any atom is -0.484 e. The largest absolute Gasteiger partial charge is 0.484 e. The Hall–Kier alpha value is -3.13. The molecule has 0 saturated carbocycles. The van der Waals surface area contributed by atoms with E-state index in [4.69, 9.17) is 9.15 Å². The molecule has 1 saturated heterocycles. The molecule has 1 fully saturated rings. The van der Waals surface area contributed by atoms with Crippen LogP contribution in [0.15, 0.2) is 52.1 Å². The van der Waals surface area contributed by atoms with E-state index in [9.17, 15) is 9.59 Å². The van der Waals surface area contributed by atoms with Crippen LogP contribution in [0.2, 0.25) is 0 Å². The third kappa shape index (κ3) is 5.14. The molecule has 0 radical (unpaired) electrons. The van der Waals surface area contributed by atoms with Crippen molar-refractivity contribution < 1.29 is 18.7 Å². The molecular weight excluding hydrogens is 414 g/mol. The number of anilines is 1. The van der Waals surface area contributed by atoms with Gasteiger partial charge in [-0.2, -0.15) is 0 Å². The fourth-order valence-electron chi connectivity index (χ4n) is 3.32. The number of aryl methyl sites for hydroxylation is 2. The van der Waals surface area contributed by atoms with Crippen LogP contribution >= 0.6 is 11.8 Å². The van der Waals surface area contributed by atoms with E-state index in [-0.39, 0.29) is 24.1 Å². The highest BCUT2D eigenvalue weighted by Crippen LogP contribution is 2.24. The molecule has 1 aromatic heterocycles. The van der Waals surface area contributed by atoms with Crippen LogP contribution in [-0.2, 0) is 11.4 Å². The third-order valence-corrected chi connectivity index (χ3v) is 5.86. The van der Waals surface area contributed by atoms with Crippen LogP contribution in [0.5, 0.6) is 5.75 Å². The van der Waals surface area contributed by atoms with Gasteiger partial charge >= 0.3 is 0 Å². The Morgan fingerprint density at radius 3 is 2.71 bits per heavy atom. The molecule has 4 rings (SSSR count). The fourth-order valence-corrected chi connectivity index (χ4v) is 3.99. The summed E-state index contributed by atoms with van der Waals surface area (Å²) in [6.07, 6.45) is 1.46. The summed E-state index contributed by atoms with van der Waals surface area (Å²) in [5.74, 6) is 1.40. The molecule has 2 heterocycles. The lowest BCUT2D eigenvalue weighted by atomic mass is 10.1. The average molecular weight is 438 g/mol. The van der Waals surface area contributed by atoms with Crippen LogP contribution in [0.25, 0.3) is 0 Å². The maximum Gasteiger partial charge on any atom is 0.277 e. The van der Waals surface area contributed by atoms with Gasteiger partial charge in [0.15, 0.2) is 12.4 Å². The number of ether oxygens (including phenoxy) is 1. The first-order chi connectivity index (χ1) is 15.0. The molecule has 1 aliphatic heterocycles. The van der Waals surface area contributed by atoms with E-state index >= 15 is 0 Å². The van der Waals surface area contributed by atoms with E-state index in [0.717, 1.165) is 35.5 Å². The number of ketones is 1. The van der Waals surface area contributed by atoms with E-state index in [0.29, 0.717) is 23.1 Å². The summed E-state index contributed by atoms with van der Waals surface area (Å²) < 4.78 is 11.4. The van der Waals surface area contributed by atoms with Crippen LogP contribution < -0.4 is 9.64 Å². The summed E-state index contributed by atoms with van der Waals surface area (Å²) in [6, 6.07) is 13.1. The summed E-state index contributed by atoms with van der Waals surface area (Å²) in [6.45, 7) is 4.88. The molecular formula is C23H23N3O4S. The minimum atomic E-state index is -0.0457. The van der Waals surface area contributed by atoms with E-state index in [1.165, 1.54) is 11.8 Å². The van der Waals surface area contributed by atoms with Crippen molar-refractivity contribution in [3.8, 4) is 5.75 Å². The van der Waals surface area contributed by atoms with Gasteiger partial charge in [-0.25, -0.2) is 0 Å². The number of rotatable bonds is 8. The van der Waals surface area contributed by atoms with Gasteiger partial charge in [0.05, 0.1) is 5.75 Å². The number of thioether (sulfide) groups is 1. The normalized spacial score (nSPS) is 13.6. The predicted molar refractivity (Wildman–Crippen MR) is 118 cm³/mol. The topological polar surface area (TPSA) is 85.5 Å². The van der Waals surface area contributed by atoms with Gasteiger partial charge in [0.1, 0.15) is 5.75 Å². The van der Waals surface area contributed by atoms with Crippen LogP contribution in [0.3, 0.4) is 0 Å². The van der Waals surface area contributed by atoms with Gasteiger partial charge in [-0.15, -0.1) is 10.2 Å². The molecule has 1 amide bonds. The summed E-state index contributed by atoms with van der Waals surface area (Å²) in [7, 11) is 0. The second-order valence-corrected chi connectivity index (χ2v) is 8.35. The lowest BCUT2D eigenvalue weighted by Crippen LogP contribution is -2.23. The molecule has 31 heavy (non-hydrogen) atoms. The highest BCUT2D eigenvalue weighted by molar-refractivity contribution is 7.99. The number of amides is 1. The Morgan fingerprint density at radius 2 is 1.97 bits per heavy atom. The number of benzene rings is 2. The van der Waals surface area contributed by atoms with E-state index < -0.39 is 0 Å². The average Bonchev–Trinajstić information content (AvgIpc) is 3.41. The molecule has 3 aromatic rings. The number of carbonyl (C=O) groups excluding carboxylic acids is 2. The first kappa shape index (κ1) is 21.1. The van der Waals surface area contributed by atoms with Crippen molar-refractivity contribution in [2.24, 2.45) is 0 Å². The number of nitrogens with zero attached hydrogens (tertiary/aromatic N) is 3. The van der Waals surface area contributed by atoms with Gasteiger partial charge in [-0.05, 0) is 61.7 Å². The number of aromatic nitrogens is 2. The molecule has 7 nitrogen and oxygen atoms in total. The van der Waals surface area contributed by atoms with Gasteiger partial charge in [0.2, 0.25) is 5.91 Å². The highest BCUT2D eigenvalue weighted by Gasteiger charge is 2.21. The molecule has 0 bridgehead atoms. The molecule has 0 aliphatic carbocycles. The fraction of sp³-hybridized carbons (Fsp3) is 0.304. The summed E-state index contributed by atoms with van der Waals surface area (Å²) >= 11 is 1.19. The molecule has 0 N–H and O–H groups in total. The van der Waals surface area contributed by atoms with E-state index in [1.807, 2.05) is 44.2 Å². The van der Waals surface area contributed by atoms with E-state index in [1.54, 1.807) is 17.0 Å². The van der Waals surface area contributed by atoms with Crippen molar-refractivity contribution in [3.05, 3.63) is 65.0 Å². The molecule has 0 unspecified atom stereocenters. The zero-order valence-corrected chi connectivity index (χ0v) is 18.3. The number of hydrogen-bond acceptors (Lipinski definition) is 7. The number of carbonyl (C=O) groups is 2. The molecule has 160 valence electrons. The van der Waals surface area contributed by atoms with Crippen molar-refractivity contribution in [1.29, 1.82) is 0 Å². The van der Waals surface area contributed by atoms with Gasteiger partial charge in [0.25, 0.3) is 11.1 Å². The van der Waals surface area contributed by atoms with Crippen molar-refractivity contribution in [3.63, 3.8) is 0 Å². The van der Waals surface area contributed by atoms with Crippen molar-refractivity contribution >= 4 is 29.1 Å². The lowest BCUT2D eigenvalue weighted by Gasteiger charge is -2.15. The first-order valence-corrected chi connectivity index (χ1v) is 11.1. The summed E-state index contributed by atoms with van der Waals surface area (Å²) in [5.41, 5.74) is 3.56. The molecule has 0 atom stereocenters. The summed E-state index contributed by atoms with van der Waals surface area (Å²) in [5, 5.41) is 8.29. The summed E-state index contributed by atoms with van der Waals surface area (Å²) in [4.78, 5) is 26.1. The van der Waals surface area contributed by atoms with Gasteiger partial charge in [-0.3, -0.25) is 9.59 Å². The lowest BCUT2D eigenvalue weighted by molar-refractivity contribution is -0.117. The quantitative estimate of drug-likeness (QED) is 0.382. The second-order valence-electron chi connectivity index (χ2n) is 7.43. The Bertz CT molecular complexity index is 1090. The monoisotopic (exact) mass is 437 g/mol. The van der Waals surface area contributed by atoms with Gasteiger partial charge < -0.3 is 14.1 Å². The van der Waals surface area contributed by atoms with Crippen LogP contribution in [0.1, 0.15) is 40.2 Å². The van der Waals surface area contributed by atoms with Crippen molar-refractivity contribution in [1.82, 2.24) is 10.2 Å². The van der Waals surface area contributed by atoms with Gasteiger partial charge in [0, 0.05) is 24.2 Å². The maximum atomic E-state index is 12.5. The zero-order chi connectivity index (χ0) is 21.8. The maximum absolute atomic E-state index is 12.5. The standard InChI is InChI=1S/C23H23N3O4S/c1-15-5-6-16(2)20(12-15)29-13-21-24-25-23(30-21)31-14-19(27)17-7-9-18(10-8-17)26-11-3-4-22(26)28/h5-10,12H,3-4,11,13-14H2,1-2H3. The third-order valence-electron chi connectivity index (χ3n) is 5.04. The number of hydrogen-bond donors (Lipinski definition) is 0.